The molecule has 3 aromatic rings. The molecule has 118 valence electrons. The first-order valence-electron chi connectivity index (χ1n) is 7.70. The second kappa shape index (κ2) is 6.71. The highest BCUT2D eigenvalue weighted by molar-refractivity contribution is 5.94. The van der Waals surface area contributed by atoms with Crippen LogP contribution in [0, 0.1) is 0 Å². The maximum absolute atomic E-state index is 10.8. The molecule has 0 amide bonds. The SMILES string of the molecule is COc1cccc2c(O)c([C@@H](CCO)c3ccccc3)ccc12. The molecule has 0 aromatic heterocycles. The summed E-state index contributed by atoms with van der Waals surface area (Å²) in [5.74, 6) is 0.947. The number of fused-ring (bicyclic) bond motifs is 1. The molecule has 0 unspecified atom stereocenters. The number of methoxy groups -OCH3 is 1. The van der Waals surface area contributed by atoms with Gasteiger partial charge >= 0.3 is 0 Å². The number of hydrogen-bond donors (Lipinski definition) is 2. The van der Waals surface area contributed by atoms with E-state index in [4.69, 9.17) is 4.74 Å². The van der Waals surface area contributed by atoms with Gasteiger partial charge in [-0.1, -0.05) is 54.6 Å². The maximum atomic E-state index is 10.8. The summed E-state index contributed by atoms with van der Waals surface area (Å²) >= 11 is 0. The largest absolute Gasteiger partial charge is 0.507 e. The van der Waals surface area contributed by atoms with Gasteiger partial charge < -0.3 is 14.9 Å². The fourth-order valence-electron chi connectivity index (χ4n) is 3.11. The number of phenols is 1. The third kappa shape index (κ3) is 2.88. The molecular formula is C20H20O3. The van der Waals surface area contributed by atoms with Crippen LogP contribution in [-0.2, 0) is 0 Å². The predicted molar refractivity (Wildman–Crippen MR) is 92.2 cm³/mol. The molecule has 0 bridgehead atoms. The molecule has 0 aliphatic rings. The first-order valence-corrected chi connectivity index (χ1v) is 7.70. The zero-order chi connectivity index (χ0) is 16.2. The van der Waals surface area contributed by atoms with Gasteiger partial charge in [0.05, 0.1) is 7.11 Å². The molecule has 0 saturated heterocycles. The first-order chi connectivity index (χ1) is 11.3. The van der Waals surface area contributed by atoms with Gasteiger partial charge in [-0.3, -0.25) is 0 Å². The van der Waals surface area contributed by atoms with Crippen LogP contribution in [0.15, 0.2) is 60.7 Å². The highest BCUT2D eigenvalue weighted by Gasteiger charge is 2.19. The van der Waals surface area contributed by atoms with E-state index >= 15 is 0 Å². The number of aliphatic hydroxyl groups is 1. The summed E-state index contributed by atoms with van der Waals surface area (Å²) in [6.45, 7) is 0.0646. The van der Waals surface area contributed by atoms with Gasteiger partial charge in [0.1, 0.15) is 11.5 Å². The van der Waals surface area contributed by atoms with E-state index in [1.807, 2.05) is 60.7 Å². The molecule has 0 spiro atoms. The number of hydrogen-bond acceptors (Lipinski definition) is 3. The third-order valence-corrected chi connectivity index (χ3v) is 4.24. The van der Waals surface area contributed by atoms with Gasteiger partial charge in [-0.05, 0) is 18.1 Å². The first kappa shape index (κ1) is 15.4. The maximum Gasteiger partial charge on any atom is 0.127 e. The van der Waals surface area contributed by atoms with Crippen molar-refractivity contribution < 1.29 is 14.9 Å². The molecule has 0 aliphatic carbocycles. The average Bonchev–Trinajstić information content (AvgIpc) is 2.61. The fraction of sp³-hybridized carbons (Fsp3) is 0.200. The monoisotopic (exact) mass is 308 g/mol. The smallest absolute Gasteiger partial charge is 0.127 e. The van der Waals surface area contributed by atoms with E-state index < -0.39 is 0 Å². The highest BCUT2D eigenvalue weighted by atomic mass is 16.5. The van der Waals surface area contributed by atoms with Gasteiger partial charge in [-0.15, -0.1) is 0 Å². The Hall–Kier alpha value is -2.52. The minimum absolute atomic E-state index is 0.0446. The molecule has 0 radical (unpaired) electrons. The molecule has 0 saturated carbocycles. The van der Waals surface area contributed by atoms with Crippen LogP contribution < -0.4 is 4.74 Å². The van der Waals surface area contributed by atoms with Crippen molar-refractivity contribution in [3.8, 4) is 11.5 Å². The summed E-state index contributed by atoms with van der Waals surface area (Å²) in [5.41, 5.74) is 1.91. The number of benzene rings is 3. The molecule has 3 aromatic carbocycles. The van der Waals surface area contributed by atoms with Crippen molar-refractivity contribution in [1.29, 1.82) is 0 Å². The minimum atomic E-state index is -0.0446. The van der Waals surface area contributed by atoms with Crippen molar-refractivity contribution >= 4 is 10.8 Å². The van der Waals surface area contributed by atoms with Crippen LogP contribution in [0.25, 0.3) is 10.8 Å². The van der Waals surface area contributed by atoms with E-state index in [0.29, 0.717) is 6.42 Å². The Kier molecular flexibility index (Phi) is 4.49. The quantitative estimate of drug-likeness (QED) is 0.747. The van der Waals surface area contributed by atoms with Crippen LogP contribution in [-0.4, -0.2) is 23.9 Å². The van der Waals surface area contributed by atoms with Gasteiger partial charge in [-0.2, -0.15) is 0 Å². The lowest BCUT2D eigenvalue weighted by Crippen LogP contribution is -2.04. The zero-order valence-electron chi connectivity index (χ0n) is 13.1. The summed E-state index contributed by atoms with van der Waals surface area (Å²) in [7, 11) is 1.62. The highest BCUT2D eigenvalue weighted by Crippen LogP contribution is 2.40. The topological polar surface area (TPSA) is 49.7 Å². The summed E-state index contributed by atoms with van der Waals surface area (Å²) in [5, 5.41) is 21.9. The molecule has 0 heterocycles. The fourth-order valence-corrected chi connectivity index (χ4v) is 3.11. The van der Waals surface area contributed by atoms with Crippen LogP contribution in [0.1, 0.15) is 23.5 Å². The molecule has 2 N–H and O–H groups in total. The average molecular weight is 308 g/mol. The van der Waals surface area contributed by atoms with Crippen LogP contribution in [0.4, 0.5) is 0 Å². The molecule has 3 heteroatoms. The van der Waals surface area contributed by atoms with Gasteiger partial charge in [0.15, 0.2) is 0 Å². The number of ether oxygens (including phenoxy) is 1. The van der Waals surface area contributed by atoms with Crippen molar-refractivity contribution in [3.63, 3.8) is 0 Å². The summed E-state index contributed by atoms with van der Waals surface area (Å²) in [6.07, 6.45) is 0.563. The van der Waals surface area contributed by atoms with Gasteiger partial charge in [0.2, 0.25) is 0 Å². The Labute approximate surface area is 135 Å². The summed E-state index contributed by atoms with van der Waals surface area (Å²) < 4.78 is 5.36. The number of aliphatic hydroxyl groups excluding tert-OH is 1. The molecular weight excluding hydrogens is 288 g/mol. The molecule has 1 atom stereocenters. The predicted octanol–water partition coefficient (Wildman–Crippen LogP) is 4.07. The molecule has 3 rings (SSSR count). The Bertz CT molecular complexity index is 797. The number of phenolic OH excluding ortho intramolecular Hbond substituents is 1. The molecule has 23 heavy (non-hydrogen) atoms. The van der Waals surface area contributed by atoms with Crippen molar-refractivity contribution in [2.24, 2.45) is 0 Å². The van der Waals surface area contributed by atoms with E-state index in [9.17, 15) is 10.2 Å². The Morgan fingerprint density at radius 1 is 0.913 bits per heavy atom. The van der Waals surface area contributed by atoms with E-state index in [2.05, 4.69) is 0 Å². The van der Waals surface area contributed by atoms with Crippen LogP contribution in [0.3, 0.4) is 0 Å². The Balaban J connectivity index is 2.16. The lowest BCUT2D eigenvalue weighted by molar-refractivity contribution is 0.281. The van der Waals surface area contributed by atoms with Crippen LogP contribution in [0.5, 0.6) is 11.5 Å². The second-order valence-electron chi connectivity index (χ2n) is 5.53. The van der Waals surface area contributed by atoms with E-state index in [0.717, 1.165) is 27.6 Å². The van der Waals surface area contributed by atoms with Gasteiger partial charge in [0, 0.05) is 28.9 Å². The second-order valence-corrected chi connectivity index (χ2v) is 5.53. The molecule has 0 fully saturated rings. The van der Waals surface area contributed by atoms with Crippen LogP contribution in [0.2, 0.25) is 0 Å². The lowest BCUT2D eigenvalue weighted by atomic mass is 9.87. The Morgan fingerprint density at radius 2 is 1.70 bits per heavy atom. The number of rotatable bonds is 5. The van der Waals surface area contributed by atoms with Crippen LogP contribution >= 0.6 is 0 Å². The van der Waals surface area contributed by atoms with Crippen molar-refractivity contribution in [2.75, 3.05) is 13.7 Å². The van der Waals surface area contributed by atoms with Gasteiger partial charge in [0.25, 0.3) is 0 Å². The molecule has 3 nitrogen and oxygen atoms in total. The number of aromatic hydroxyl groups is 1. The zero-order valence-corrected chi connectivity index (χ0v) is 13.1. The van der Waals surface area contributed by atoms with Crippen molar-refractivity contribution in [2.45, 2.75) is 12.3 Å². The molecule has 0 aliphatic heterocycles. The standard InChI is InChI=1S/C20H20O3/c1-23-19-9-5-8-17-16(19)10-11-18(20(17)22)15(12-13-21)14-6-3-2-4-7-14/h2-11,15,21-22H,12-13H2,1H3/t15-/m0/s1. The summed E-state index contributed by atoms with van der Waals surface area (Å²) in [4.78, 5) is 0. The van der Waals surface area contributed by atoms with Gasteiger partial charge in [-0.25, -0.2) is 0 Å². The van der Waals surface area contributed by atoms with E-state index in [1.165, 1.54) is 0 Å². The minimum Gasteiger partial charge on any atom is -0.507 e. The summed E-state index contributed by atoms with van der Waals surface area (Å²) in [6, 6.07) is 19.5. The Morgan fingerprint density at radius 3 is 2.39 bits per heavy atom. The van der Waals surface area contributed by atoms with Crippen molar-refractivity contribution in [1.82, 2.24) is 0 Å². The van der Waals surface area contributed by atoms with E-state index in [1.54, 1.807) is 7.11 Å². The third-order valence-electron chi connectivity index (χ3n) is 4.24. The van der Waals surface area contributed by atoms with Crippen molar-refractivity contribution in [3.05, 3.63) is 71.8 Å². The normalized spacial score (nSPS) is 12.3. The lowest BCUT2D eigenvalue weighted by Gasteiger charge is -2.19. The van der Waals surface area contributed by atoms with E-state index in [-0.39, 0.29) is 18.3 Å².